The molecule has 0 aliphatic heterocycles. The van der Waals surface area contributed by atoms with Gasteiger partial charge in [0.15, 0.2) is 5.13 Å². The normalized spacial score (nSPS) is 10.4. The summed E-state index contributed by atoms with van der Waals surface area (Å²) in [5.74, 6) is -0.655. The van der Waals surface area contributed by atoms with E-state index in [0.717, 1.165) is 0 Å². The van der Waals surface area contributed by atoms with Crippen molar-refractivity contribution in [1.82, 2.24) is 4.98 Å². The lowest BCUT2D eigenvalue weighted by molar-refractivity contribution is -0.118. The molecule has 0 radical (unpaired) electrons. The van der Waals surface area contributed by atoms with Gasteiger partial charge in [-0.25, -0.2) is 4.98 Å². The molecule has 1 heterocycles. The Morgan fingerprint density at radius 1 is 1.24 bits per heavy atom. The maximum atomic E-state index is 12.3. The topological polar surface area (TPSA) is 97.1 Å². The molecule has 0 fully saturated rings. The van der Waals surface area contributed by atoms with E-state index in [4.69, 9.17) is 5.73 Å². The van der Waals surface area contributed by atoms with E-state index < -0.39 is 0 Å². The molecule has 2 amide bonds. The van der Waals surface area contributed by atoms with Gasteiger partial charge in [-0.05, 0) is 12.1 Å². The minimum atomic E-state index is -0.344. The first-order valence-corrected chi connectivity index (χ1v) is 7.21. The highest BCUT2D eigenvalue weighted by molar-refractivity contribution is 7.19. The summed E-state index contributed by atoms with van der Waals surface area (Å²) in [5, 5.41) is 6.34. The van der Waals surface area contributed by atoms with Gasteiger partial charge in [0.25, 0.3) is 5.91 Å². The summed E-state index contributed by atoms with van der Waals surface area (Å²) in [5.41, 5.74) is 6.42. The van der Waals surface area contributed by atoms with Crippen LogP contribution in [-0.4, -0.2) is 16.8 Å². The molecule has 6 nitrogen and oxygen atoms in total. The molecule has 0 atom stereocenters. The molecule has 21 heavy (non-hydrogen) atoms. The van der Waals surface area contributed by atoms with Crippen LogP contribution in [0.4, 0.5) is 15.8 Å². The highest BCUT2D eigenvalue weighted by Crippen LogP contribution is 2.22. The Kier molecular flexibility index (Phi) is 4.54. The Labute approximate surface area is 126 Å². The Hall–Kier alpha value is -2.41. The summed E-state index contributed by atoms with van der Waals surface area (Å²) in [4.78, 5) is 28.0. The van der Waals surface area contributed by atoms with E-state index in [9.17, 15) is 9.59 Å². The molecule has 4 N–H and O–H groups in total. The zero-order valence-electron chi connectivity index (χ0n) is 11.7. The monoisotopic (exact) mass is 304 g/mol. The van der Waals surface area contributed by atoms with Crippen LogP contribution in [0.3, 0.4) is 0 Å². The second-order valence-electron chi connectivity index (χ2n) is 4.71. The number of nitrogen functional groups attached to an aromatic ring is 1. The summed E-state index contributed by atoms with van der Waals surface area (Å²) in [6.07, 6.45) is 1.48. The molecule has 7 heteroatoms. The number of para-hydroxylation sites is 1. The molecule has 0 aliphatic carbocycles. The van der Waals surface area contributed by atoms with E-state index in [1.165, 1.54) is 17.5 Å². The number of hydrogen-bond donors (Lipinski definition) is 3. The SMILES string of the molecule is CC(C)C(=O)Nc1ccccc1C(=O)Nc1ncc(N)s1. The largest absolute Gasteiger partial charge is 0.389 e. The van der Waals surface area contributed by atoms with Gasteiger partial charge in [-0.2, -0.15) is 0 Å². The molecule has 0 spiro atoms. The van der Waals surface area contributed by atoms with Crippen LogP contribution in [0.5, 0.6) is 0 Å². The van der Waals surface area contributed by atoms with Gasteiger partial charge >= 0.3 is 0 Å². The lowest BCUT2D eigenvalue weighted by Gasteiger charge is -2.11. The molecule has 2 aromatic rings. The second kappa shape index (κ2) is 6.36. The first-order valence-electron chi connectivity index (χ1n) is 6.40. The van der Waals surface area contributed by atoms with Crippen molar-refractivity contribution in [2.24, 2.45) is 5.92 Å². The number of anilines is 3. The van der Waals surface area contributed by atoms with E-state index in [1.807, 2.05) is 0 Å². The predicted molar refractivity (Wildman–Crippen MR) is 84.4 cm³/mol. The quantitative estimate of drug-likeness (QED) is 0.808. The van der Waals surface area contributed by atoms with Crippen LogP contribution < -0.4 is 16.4 Å². The van der Waals surface area contributed by atoms with Crippen molar-refractivity contribution in [2.75, 3.05) is 16.4 Å². The summed E-state index contributed by atoms with van der Waals surface area (Å²) in [6.45, 7) is 3.58. The van der Waals surface area contributed by atoms with Gasteiger partial charge in [0.05, 0.1) is 17.4 Å². The van der Waals surface area contributed by atoms with E-state index in [-0.39, 0.29) is 17.7 Å². The highest BCUT2D eigenvalue weighted by Gasteiger charge is 2.15. The number of amides is 2. The van der Waals surface area contributed by atoms with Crippen molar-refractivity contribution in [3.8, 4) is 0 Å². The number of rotatable bonds is 4. The average molecular weight is 304 g/mol. The minimum absolute atomic E-state index is 0.145. The molecule has 0 aliphatic rings. The van der Waals surface area contributed by atoms with Crippen molar-refractivity contribution in [1.29, 1.82) is 0 Å². The van der Waals surface area contributed by atoms with Crippen LogP contribution in [-0.2, 0) is 4.79 Å². The third-order valence-electron chi connectivity index (χ3n) is 2.70. The van der Waals surface area contributed by atoms with Gasteiger partial charge in [-0.15, -0.1) is 0 Å². The fourth-order valence-electron chi connectivity index (χ4n) is 1.58. The van der Waals surface area contributed by atoms with Gasteiger partial charge in [0.1, 0.15) is 5.00 Å². The van der Waals surface area contributed by atoms with Crippen LogP contribution in [0.25, 0.3) is 0 Å². The third-order valence-corrected chi connectivity index (χ3v) is 3.44. The van der Waals surface area contributed by atoms with E-state index in [2.05, 4.69) is 15.6 Å². The Morgan fingerprint density at radius 3 is 2.57 bits per heavy atom. The molecule has 0 saturated carbocycles. The number of thiazole rings is 1. The van der Waals surface area contributed by atoms with Crippen molar-refractivity contribution in [3.05, 3.63) is 36.0 Å². The summed E-state index contributed by atoms with van der Waals surface area (Å²) < 4.78 is 0. The number of nitrogens with zero attached hydrogens (tertiary/aromatic N) is 1. The van der Waals surface area contributed by atoms with Crippen LogP contribution in [0.1, 0.15) is 24.2 Å². The fourth-order valence-corrected chi connectivity index (χ4v) is 2.15. The smallest absolute Gasteiger partial charge is 0.259 e. The zero-order chi connectivity index (χ0) is 15.4. The number of carbonyl (C=O) groups excluding carboxylic acids is 2. The first-order chi connectivity index (χ1) is 9.97. The maximum absolute atomic E-state index is 12.3. The van der Waals surface area contributed by atoms with Gasteiger partial charge in [-0.1, -0.05) is 37.3 Å². The maximum Gasteiger partial charge on any atom is 0.259 e. The predicted octanol–water partition coefficient (Wildman–Crippen LogP) is 2.57. The Bertz CT molecular complexity index is 666. The number of carbonyl (C=O) groups is 2. The molecule has 0 unspecified atom stereocenters. The van der Waals surface area contributed by atoms with Crippen molar-refractivity contribution < 1.29 is 9.59 Å². The average Bonchev–Trinajstić information content (AvgIpc) is 2.84. The van der Waals surface area contributed by atoms with E-state index >= 15 is 0 Å². The first kappa shape index (κ1) is 15.0. The van der Waals surface area contributed by atoms with Crippen LogP contribution in [0.15, 0.2) is 30.5 Å². The molecule has 2 rings (SSSR count). The second-order valence-corrected chi connectivity index (χ2v) is 5.77. The molecule has 1 aromatic carbocycles. The lowest BCUT2D eigenvalue weighted by atomic mass is 10.1. The number of nitrogens with two attached hydrogens (primary N) is 1. The number of nitrogens with one attached hydrogen (secondary N) is 2. The molecule has 0 bridgehead atoms. The Balaban J connectivity index is 2.19. The Morgan fingerprint density at radius 2 is 1.95 bits per heavy atom. The summed E-state index contributed by atoms with van der Waals surface area (Å²) >= 11 is 1.18. The fraction of sp³-hybridized carbons (Fsp3) is 0.214. The molecule has 110 valence electrons. The summed E-state index contributed by atoms with van der Waals surface area (Å²) in [6, 6.07) is 6.82. The number of benzene rings is 1. The molecular formula is C14H16N4O2S. The van der Waals surface area contributed by atoms with Crippen molar-refractivity contribution in [2.45, 2.75) is 13.8 Å². The minimum Gasteiger partial charge on any atom is -0.389 e. The lowest BCUT2D eigenvalue weighted by Crippen LogP contribution is -2.21. The van der Waals surface area contributed by atoms with E-state index in [0.29, 0.717) is 21.4 Å². The van der Waals surface area contributed by atoms with Crippen LogP contribution in [0, 0.1) is 5.92 Å². The molecule has 1 aromatic heterocycles. The van der Waals surface area contributed by atoms with Gasteiger partial charge in [-0.3, -0.25) is 14.9 Å². The number of aromatic nitrogens is 1. The zero-order valence-corrected chi connectivity index (χ0v) is 12.5. The molecule has 0 saturated heterocycles. The highest BCUT2D eigenvalue weighted by atomic mass is 32.1. The number of hydrogen-bond acceptors (Lipinski definition) is 5. The summed E-state index contributed by atoms with van der Waals surface area (Å²) in [7, 11) is 0. The van der Waals surface area contributed by atoms with Crippen molar-refractivity contribution in [3.63, 3.8) is 0 Å². The van der Waals surface area contributed by atoms with Crippen LogP contribution >= 0.6 is 11.3 Å². The van der Waals surface area contributed by atoms with Gasteiger partial charge < -0.3 is 11.1 Å². The van der Waals surface area contributed by atoms with Gasteiger partial charge in [0, 0.05) is 5.92 Å². The standard InChI is InChI=1S/C14H16N4O2S/c1-8(2)12(19)17-10-6-4-3-5-9(10)13(20)18-14-16-7-11(15)21-14/h3-8H,15H2,1-2H3,(H,17,19)(H,16,18,20). The van der Waals surface area contributed by atoms with E-state index in [1.54, 1.807) is 38.1 Å². The molecular weight excluding hydrogens is 288 g/mol. The van der Waals surface area contributed by atoms with Crippen LogP contribution in [0.2, 0.25) is 0 Å². The van der Waals surface area contributed by atoms with Gasteiger partial charge in [0.2, 0.25) is 5.91 Å². The third kappa shape index (κ3) is 3.79. The van der Waals surface area contributed by atoms with Crippen molar-refractivity contribution >= 4 is 39.0 Å².